The molecule has 0 aliphatic heterocycles. The molecule has 0 atom stereocenters. The van der Waals surface area contributed by atoms with Crippen LogP contribution in [-0.2, 0) is 0 Å². The van der Waals surface area contributed by atoms with Gasteiger partial charge in [-0.25, -0.2) is 9.31 Å². The fourth-order valence-corrected chi connectivity index (χ4v) is 3.50. The van der Waals surface area contributed by atoms with E-state index in [0.29, 0.717) is 28.5 Å². The van der Waals surface area contributed by atoms with Gasteiger partial charge in [0.2, 0.25) is 5.95 Å². The SMILES string of the molecule is CC(C)(C)N(C(=O)O)c1ccc(-c2ccc3nc(Nc4ccccc4C#N)nn3c2)cc1. The number of carboxylic acid groups (broad SMARTS) is 1. The molecule has 2 aromatic heterocycles. The first-order valence-corrected chi connectivity index (χ1v) is 10.0. The lowest BCUT2D eigenvalue weighted by Crippen LogP contribution is -2.45. The van der Waals surface area contributed by atoms with Gasteiger partial charge in [0, 0.05) is 23.0 Å². The highest BCUT2D eigenvalue weighted by molar-refractivity contribution is 5.88. The number of nitrogens with zero attached hydrogens (tertiary/aromatic N) is 5. The number of hydrogen-bond donors (Lipinski definition) is 2. The van der Waals surface area contributed by atoms with Gasteiger partial charge in [-0.05, 0) is 62.7 Å². The fraction of sp³-hybridized carbons (Fsp3) is 0.167. The zero-order valence-corrected chi connectivity index (χ0v) is 17.9. The molecule has 160 valence electrons. The Morgan fingerprint density at radius 3 is 2.41 bits per heavy atom. The lowest BCUT2D eigenvalue weighted by molar-refractivity contribution is 0.195. The summed E-state index contributed by atoms with van der Waals surface area (Å²) >= 11 is 0. The second kappa shape index (κ2) is 8.04. The van der Waals surface area contributed by atoms with Crippen LogP contribution in [0.3, 0.4) is 0 Å². The number of hydrogen-bond acceptors (Lipinski definition) is 5. The van der Waals surface area contributed by atoms with Crippen molar-refractivity contribution < 1.29 is 9.90 Å². The summed E-state index contributed by atoms with van der Waals surface area (Å²) in [5, 5.41) is 26.4. The zero-order valence-electron chi connectivity index (χ0n) is 17.9. The highest BCUT2D eigenvalue weighted by Gasteiger charge is 2.27. The zero-order chi connectivity index (χ0) is 22.9. The minimum atomic E-state index is -0.993. The molecular weight excluding hydrogens is 404 g/mol. The average molecular weight is 426 g/mol. The van der Waals surface area contributed by atoms with E-state index in [1.54, 1.807) is 34.8 Å². The number of nitrogens with one attached hydrogen (secondary N) is 1. The maximum Gasteiger partial charge on any atom is 0.412 e. The molecule has 0 unspecified atom stereocenters. The smallest absolute Gasteiger partial charge is 0.412 e. The van der Waals surface area contributed by atoms with Crippen molar-refractivity contribution in [3.63, 3.8) is 0 Å². The van der Waals surface area contributed by atoms with Gasteiger partial charge in [0.15, 0.2) is 5.65 Å². The van der Waals surface area contributed by atoms with Crippen LogP contribution in [0.2, 0.25) is 0 Å². The molecule has 0 aliphatic carbocycles. The topological polar surface area (TPSA) is 107 Å². The minimum Gasteiger partial charge on any atom is -0.465 e. The summed E-state index contributed by atoms with van der Waals surface area (Å²) < 4.78 is 1.67. The van der Waals surface area contributed by atoms with Gasteiger partial charge in [-0.15, -0.1) is 5.10 Å². The Hall–Kier alpha value is -4.38. The van der Waals surface area contributed by atoms with Gasteiger partial charge in [0.05, 0.1) is 11.3 Å². The van der Waals surface area contributed by atoms with Crippen LogP contribution in [0.15, 0.2) is 66.9 Å². The Morgan fingerprint density at radius 2 is 1.75 bits per heavy atom. The van der Waals surface area contributed by atoms with E-state index in [-0.39, 0.29) is 0 Å². The molecule has 2 heterocycles. The number of benzene rings is 2. The molecule has 0 aliphatic rings. The van der Waals surface area contributed by atoms with Crippen LogP contribution >= 0.6 is 0 Å². The average Bonchev–Trinajstić information content (AvgIpc) is 3.15. The van der Waals surface area contributed by atoms with Crippen LogP contribution in [0.5, 0.6) is 0 Å². The number of anilines is 3. The fourth-order valence-electron chi connectivity index (χ4n) is 3.50. The number of rotatable bonds is 4. The Labute approximate surface area is 185 Å². The van der Waals surface area contributed by atoms with Gasteiger partial charge in [-0.2, -0.15) is 10.2 Å². The van der Waals surface area contributed by atoms with Crippen molar-refractivity contribution in [3.05, 3.63) is 72.4 Å². The Kier molecular flexibility index (Phi) is 5.24. The van der Waals surface area contributed by atoms with E-state index < -0.39 is 11.6 Å². The number of fused-ring (bicyclic) bond motifs is 1. The first-order valence-electron chi connectivity index (χ1n) is 10.0. The highest BCUT2D eigenvalue weighted by atomic mass is 16.4. The molecule has 2 aromatic carbocycles. The van der Waals surface area contributed by atoms with E-state index in [2.05, 4.69) is 21.5 Å². The van der Waals surface area contributed by atoms with E-state index in [4.69, 9.17) is 0 Å². The molecule has 8 nitrogen and oxygen atoms in total. The summed E-state index contributed by atoms with van der Waals surface area (Å²) in [6.07, 6.45) is 0.865. The second-order valence-corrected chi connectivity index (χ2v) is 8.27. The molecule has 0 radical (unpaired) electrons. The van der Waals surface area contributed by atoms with Crippen molar-refractivity contribution in [2.75, 3.05) is 10.2 Å². The van der Waals surface area contributed by atoms with Gasteiger partial charge < -0.3 is 10.4 Å². The maximum atomic E-state index is 11.7. The van der Waals surface area contributed by atoms with Crippen LogP contribution in [0.4, 0.5) is 22.1 Å². The number of pyridine rings is 1. The molecule has 4 rings (SSSR count). The largest absolute Gasteiger partial charge is 0.465 e. The molecule has 1 amide bonds. The monoisotopic (exact) mass is 426 g/mol. The molecule has 2 N–H and O–H groups in total. The van der Waals surface area contributed by atoms with Gasteiger partial charge in [0.25, 0.3) is 0 Å². The highest BCUT2D eigenvalue weighted by Crippen LogP contribution is 2.28. The van der Waals surface area contributed by atoms with E-state index in [1.165, 1.54) is 4.90 Å². The van der Waals surface area contributed by atoms with Gasteiger partial charge in [-0.1, -0.05) is 24.3 Å². The number of nitriles is 1. The van der Waals surface area contributed by atoms with Crippen LogP contribution in [0, 0.1) is 11.3 Å². The molecule has 0 saturated carbocycles. The number of amides is 1. The predicted octanol–water partition coefficient (Wildman–Crippen LogP) is 5.29. The lowest BCUT2D eigenvalue weighted by Gasteiger charge is -2.33. The standard InChI is InChI=1S/C24H22N6O2/c1-24(2,3)30(23(31)32)19-11-8-16(9-12-19)18-10-13-21-27-22(28-29(21)15-18)26-20-7-5-4-6-17(20)14-25/h4-13,15H,1-3H3,(H,26,28)(H,31,32). The molecule has 8 heteroatoms. The first-order chi connectivity index (χ1) is 15.3. The van der Waals surface area contributed by atoms with Crippen molar-refractivity contribution in [1.29, 1.82) is 5.26 Å². The Bertz CT molecular complexity index is 1330. The Balaban J connectivity index is 1.62. The van der Waals surface area contributed by atoms with E-state index >= 15 is 0 Å². The van der Waals surface area contributed by atoms with Gasteiger partial charge in [0.1, 0.15) is 6.07 Å². The van der Waals surface area contributed by atoms with Crippen molar-refractivity contribution in [2.24, 2.45) is 0 Å². The summed E-state index contributed by atoms with van der Waals surface area (Å²) in [5.74, 6) is 0.391. The van der Waals surface area contributed by atoms with Crippen molar-refractivity contribution in [3.8, 4) is 17.2 Å². The third-order valence-corrected chi connectivity index (χ3v) is 4.95. The van der Waals surface area contributed by atoms with Crippen LogP contribution in [0.25, 0.3) is 16.8 Å². The van der Waals surface area contributed by atoms with E-state index in [1.807, 2.05) is 57.3 Å². The molecule has 4 aromatic rings. The summed E-state index contributed by atoms with van der Waals surface area (Å²) in [5.41, 5.74) is 3.71. The molecule has 0 saturated heterocycles. The quantitative estimate of drug-likeness (QED) is 0.459. The summed E-state index contributed by atoms with van der Waals surface area (Å²) in [4.78, 5) is 17.5. The third-order valence-electron chi connectivity index (χ3n) is 4.95. The van der Waals surface area contributed by atoms with Crippen LogP contribution in [-0.4, -0.2) is 31.3 Å². The van der Waals surface area contributed by atoms with Crippen molar-refractivity contribution >= 4 is 29.1 Å². The van der Waals surface area contributed by atoms with Crippen LogP contribution < -0.4 is 10.2 Å². The molecule has 0 bridgehead atoms. The normalized spacial score (nSPS) is 11.2. The lowest BCUT2D eigenvalue weighted by atomic mass is 10.0. The molecule has 0 spiro atoms. The third kappa shape index (κ3) is 4.09. The van der Waals surface area contributed by atoms with Crippen LogP contribution in [0.1, 0.15) is 26.3 Å². The first kappa shape index (κ1) is 20.9. The molecule has 32 heavy (non-hydrogen) atoms. The summed E-state index contributed by atoms with van der Waals surface area (Å²) in [6, 6.07) is 20.5. The van der Waals surface area contributed by atoms with Crippen molar-refractivity contribution in [2.45, 2.75) is 26.3 Å². The van der Waals surface area contributed by atoms with E-state index in [9.17, 15) is 15.2 Å². The predicted molar refractivity (Wildman–Crippen MR) is 123 cm³/mol. The number of para-hydroxylation sites is 1. The van der Waals surface area contributed by atoms with Crippen molar-refractivity contribution in [1.82, 2.24) is 14.6 Å². The molecular formula is C24H22N6O2. The maximum absolute atomic E-state index is 11.7. The summed E-state index contributed by atoms with van der Waals surface area (Å²) in [6.45, 7) is 5.57. The van der Waals surface area contributed by atoms with Gasteiger partial charge >= 0.3 is 6.09 Å². The minimum absolute atomic E-state index is 0.391. The number of aromatic nitrogens is 3. The molecule has 0 fully saturated rings. The summed E-state index contributed by atoms with van der Waals surface area (Å²) in [7, 11) is 0. The number of carbonyl (C=O) groups is 1. The van der Waals surface area contributed by atoms with E-state index in [0.717, 1.165) is 11.1 Å². The Morgan fingerprint density at radius 1 is 1.06 bits per heavy atom. The van der Waals surface area contributed by atoms with Gasteiger partial charge in [-0.3, -0.25) is 4.90 Å². The second-order valence-electron chi connectivity index (χ2n) is 8.27.